The Bertz CT molecular complexity index is 283. The van der Waals surface area contributed by atoms with Crippen molar-refractivity contribution < 1.29 is 9.53 Å². The lowest BCUT2D eigenvalue weighted by atomic mass is 9.68. The van der Waals surface area contributed by atoms with Crippen LogP contribution in [0.25, 0.3) is 0 Å². The van der Waals surface area contributed by atoms with E-state index in [1.54, 1.807) is 0 Å². The summed E-state index contributed by atoms with van der Waals surface area (Å²) >= 11 is 3.63. The minimum Gasteiger partial charge on any atom is -0.376 e. The van der Waals surface area contributed by atoms with Crippen LogP contribution in [0.3, 0.4) is 0 Å². The zero-order chi connectivity index (χ0) is 11.3. The molecule has 3 unspecified atom stereocenters. The molecule has 2 rings (SSSR count). The van der Waals surface area contributed by atoms with E-state index in [0.717, 1.165) is 19.4 Å². The van der Waals surface area contributed by atoms with Gasteiger partial charge in [-0.25, -0.2) is 0 Å². The SMILES string of the molecule is CC1(C)CC(=O)C2CC(C)(Br)COC2C1. The Balaban J connectivity index is 2.14. The predicted molar refractivity (Wildman–Crippen MR) is 63.2 cm³/mol. The molecule has 0 aromatic carbocycles. The van der Waals surface area contributed by atoms with Gasteiger partial charge in [0.15, 0.2) is 0 Å². The zero-order valence-electron chi connectivity index (χ0n) is 9.68. The first-order valence-electron chi connectivity index (χ1n) is 5.62. The van der Waals surface area contributed by atoms with Gasteiger partial charge in [0.2, 0.25) is 0 Å². The molecule has 0 bridgehead atoms. The summed E-state index contributed by atoms with van der Waals surface area (Å²) in [6.07, 6.45) is 2.81. The third-order valence-corrected chi connectivity index (χ3v) is 4.07. The fraction of sp³-hybridized carbons (Fsp3) is 0.917. The minimum atomic E-state index is -0.00862. The van der Waals surface area contributed by atoms with E-state index in [9.17, 15) is 4.79 Å². The summed E-state index contributed by atoms with van der Waals surface area (Å²) in [5.74, 6) is 0.512. The van der Waals surface area contributed by atoms with Gasteiger partial charge >= 0.3 is 0 Å². The zero-order valence-corrected chi connectivity index (χ0v) is 11.3. The fourth-order valence-electron chi connectivity index (χ4n) is 2.79. The fourth-order valence-corrected chi connectivity index (χ4v) is 3.27. The van der Waals surface area contributed by atoms with Crippen molar-refractivity contribution in [3.8, 4) is 0 Å². The lowest BCUT2D eigenvalue weighted by molar-refractivity contribution is -0.145. The molecule has 0 N–H and O–H groups in total. The number of ketones is 1. The molecule has 1 heterocycles. The number of hydrogen-bond acceptors (Lipinski definition) is 2. The Morgan fingerprint density at radius 2 is 2.00 bits per heavy atom. The summed E-state index contributed by atoms with van der Waals surface area (Å²) in [6, 6.07) is 0. The van der Waals surface area contributed by atoms with Crippen LogP contribution in [0.2, 0.25) is 0 Å². The molecule has 0 radical (unpaired) electrons. The maximum atomic E-state index is 12.0. The second-order valence-electron chi connectivity index (χ2n) is 6.08. The van der Waals surface area contributed by atoms with Crippen LogP contribution in [-0.2, 0) is 9.53 Å². The minimum absolute atomic E-state index is 0.00862. The first kappa shape index (κ1) is 11.6. The van der Waals surface area contributed by atoms with Gasteiger partial charge in [0, 0.05) is 16.7 Å². The van der Waals surface area contributed by atoms with Crippen LogP contribution in [-0.4, -0.2) is 22.8 Å². The molecule has 1 saturated heterocycles. The molecule has 15 heavy (non-hydrogen) atoms. The van der Waals surface area contributed by atoms with Crippen LogP contribution < -0.4 is 0 Å². The topological polar surface area (TPSA) is 26.3 Å². The van der Waals surface area contributed by atoms with E-state index < -0.39 is 0 Å². The summed E-state index contributed by atoms with van der Waals surface area (Å²) in [4.78, 5) is 12.0. The summed E-state index contributed by atoms with van der Waals surface area (Å²) in [5.41, 5.74) is 0.123. The number of carbonyl (C=O) groups excluding carboxylic acids is 1. The van der Waals surface area contributed by atoms with Crippen LogP contribution in [0.1, 0.15) is 40.0 Å². The van der Waals surface area contributed by atoms with E-state index in [1.807, 2.05) is 0 Å². The molecule has 0 spiro atoms. The van der Waals surface area contributed by atoms with Crippen molar-refractivity contribution in [1.29, 1.82) is 0 Å². The van der Waals surface area contributed by atoms with Crippen LogP contribution in [0.4, 0.5) is 0 Å². The number of halogens is 1. The average molecular weight is 275 g/mol. The van der Waals surface area contributed by atoms with E-state index in [2.05, 4.69) is 36.7 Å². The third kappa shape index (κ3) is 2.44. The molecule has 0 amide bonds. The molecule has 2 fully saturated rings. The van der Waals surface area contributed by atoms with E-state index in [4.69, 9.17) is 4.74 Å². The monoisotopic (exact) mass is 274 g/mol. The Morgan fingerprint density at radius 1 is 1.33 bits per heavy atom. The van der Waals surface area contributed by atoms with Crippen molar-refractivity contribution in [2.75, 3.05) is 6.61 Å². The number of fused-ring (bicyclic) bond motifs is 1. The molecule has 3 atom stereocenters. The third-order valence-electron chi connectivity index (χ3n) is 3.51. The average Bonchev–Trinajstić information content (AvgIpc) is 2.05. The van der Waals surface area contributed by atoms with Gasteiger partial charge in [-0.1, -0.05) is 29.8 Å². The molecule has 3 heteroatoms. The highest BCUT2D eigenvalue weighted by Crippen LogP contribution is 2.45. The quantitative estimate of drug-likeness (QED) is 0.635. The van der Waals surface area contributed by atoms with E-state index in [0.29, 0.717) is 12.2 Å². The van der Waals surface area contributed by atoms with Crippen molar-refractivity contribution in [2.45, 2.75) is 50.5 Å². The van der Waals surface area contributed by atoms with Gasteiger partial charge in [0.05, 0.1) is 12.7 Å². The molecule has 86 valence electrons. The number of alkyl halides is 1. The van der Waals surface area contributed by atoms with Gasteiger partial charge in [-0.05, 0) is 25.2 Å². The van der Waals surface area contributed by atoms with Gasteiger partial charge in [0.25, 0.3) is 0 Å². The molecule has 1 saturated carbocycles. The molecule has 1 aliphatic carbocycles. The molecular formula is C12H19BrO2. The van der Waals surface area contributed by atoms with Crippen molar-refractivity contribution in [3.63, 3.8) is 0 Å². The van der Waals surface area contributed by atoms with Crippen LogP contribution in [0.15, 0.2) is 0 Å². The molecule has 2 nitrogen and oxygen atoms in total. The Hall–Kier alpha value is 0.110. The summed E-state index contributed by atoms with van der Waals surface area (Å²) in [5, 5.41) is 0. The van der Waals surface area contributed by atoms with Crippen molar-refractivity contribution >= 4 is 21.7 Å². The first-order chi connectivity index (χ1) is 6.79. The van der Waals surface area contributed by atoms with Crippen LogP contribution in [0, 0.1) is 11.3 Å². The van der Waals surface area contributed by atoms with E-state index in [1.165, 1.54) is 0 Å². The summed E-state index contributed by atoms with van der Waals surface area (Å²) in [6.45, 7) is 7.15. The lowest BCUT2D eigenvalue weighted by Crippen LogP contribution is -2.50. The molecule has 0 aromatic rings. The first-order valence-corrected chi connectivity index (χ1v) is 6.42. The highest BCUT2D eigenvalue weighted by Gasteiger charge is 2.46. The van der Waals surface area contributed by atoms with Crippen LogP contribution >= 0.6 is 15.9 Å². The number of carbonyl (C=O) groups is 1. The van der Waals surface area contributed by atoms with Gasteiger partial charge < -0.3 is 4.74 Å². The maximum Gasteiger partial charge on any atom is 0.139 e. The summed E-state index contributed by atoms with van der Waals surface area (Å²) < 4.78 is 5.83. The normalized spacial score (nSPS) is 44.9. The molecule has 0 aromatic heterocycles. The number of Topliss-reactive ketones (excluding diaryl/α,β-unsaturated/α-hetero) is 1. The Labute approximate surface area is 99.9 Å². The molecule has 1 aliphatic heterocycles. The van der Waals surface area contributed by atoms with Crippen molar-refractivity contribution in [3.05, 3.63) is 0 Å². The Kier molecular flexibility index (Phi) is 2.75. The number of hydrogen-bond donors (Lipinski definition) is 0. The smallest absolute Gasteiger partial charge is 0.139 e. The number of ether oxygens (including phenoxy) is 1. The highest BCUT2D eigenvalue weighted by atomic mass is 79.9. The maximum absolute atomic E-state index is 12.0. The lowest BCUT2D eigenvalue weighted by Gasteiger charge is -2.45. The second-order valence-corrected chi connectivity index (χ2v) is 8.00. The van der Waals surface area contributed by atoms with Gasteiger partial charge in [-0.3, -0.25) is 4.79 Å². The highest BCUT2D eigenvalue weighted by molar-refractivity contribution is 9.10. The Morgan fingerprint density at radius 3 is 2.67 bits per heavy atom. The van der Waals surface area contributed by atoms with Crippen molar-refractivity contribution in [2.24, 2.45) is 11.3 Å². The molecular weight excluding hydrogens is 256 g/mol. The van der Waals surface area contributed by atoms with Gasteiger partial charge in [0.1, 0.15) is 5.78 Å². The van der Waals surface area contributed by atoms with E-state index >= 15 is 0 Å². The van der Waals surface area contributed by atoms with Crippen LogP contribution in [0.5, 0.6) is 0 Å². The summed E-state index contributed by atoms with van der Waals surface area (Å²) in [7, 11) is 0. The van der Waals surface area contributed by atoms with Crippen molar-refractivity contribution in [1.82, 2.24) is 0 Å². The van der Waals surface area contributed by atoms with Gasteiger partial charge in [-0.2, -0.15) is 0 Å². The standard InChI is InChI=1S/C12H19BrO2/c1-11(2)5-9(14)8-4-12(3,13)7-15-10(8)6-11/h8,10H,4-7H2,1-3H3. The molecule has 2 aliphatic rings. The predicted octanol–water partition coefficient (Wildman–Crippen LogP) is 2.93. The van der Waals surface area contributed by atoms with E-state index in [-0.39, 0.29) is 21.8 Å². The number of rotatable bonds is 0. The van der Waals surface area contributed by atoms with Gasteiger partial charge in [-0.15, -0.1) is 0 Å². The largest absolute Gasteiger partial charge is 0.376 e. The second kappa shape index (κ2) is 3.56.